The first-order valence-corrected chi connectivity index (χ1v) is 18.8. The van der Waals surface area contributed by atoms with Crippen LogP contribution in [0.2, 0.25) is 0 Å². The summed E-state index contributed by atoms with van der Waals surface area (Å²) in [5.74, 6) is -3.02. The fourth-order valence-electron chi connectivity index (χ4n) is 8.86. The van der Waals surface area contributed by atoms with Gasteiger partial charge in [-0.15, -0.1) is 11.3 Å². The van der Waals surface area contributed by atoms with E-state index < -0.39 is 35.7 Å². The summed E-state index contributed by atoms with van der Waals surface area (Å²) in [6.45, 7) is 3.35. The maximum Gasteiger partial charge on any atom is 0.453 e. The van der Waals surface area contributed by atoms with E-state index in [-0.39, 0.29) is 41.0 Å². The molecule has 6 rings (SSSR count). The van der Waals surface area contributed by atoms with Gasteiger partial charge < -0.3 is 14.7 Å². The maximum absolute atomic E-state index is 13.3. The van der Waals surface area contributed by atoms with Crippen LogP contribution in [0.15, 0.2) is 29.6 Å². The lowest BCUT2D eigenvalue weighted by atomic mass is 9.52. The molecule has 1 aliphatic heterocycles. The van der Waals surface area contributed by atoms with E-state index in [1.54, 1.807) is 16.2 Å². The average molecular weight is 688 g/mol. The van der Waals surface area contributed by atoms with Gasteiger partial charge in [-0.2, -0.15) is 22.0 Å². The molecule has 0 spiro atoms. The van der Waals surface area contributed by atoms with Crippen LogP contribution in [0.1, 0.15) is 85.8 Å². The molecule has 0 saturated heterocycles. The van der Waals surface area contributed by atoms with Gasteiger partial charge in [0.25, 0.3) is 0 Å². The van der Waals surface area contributed by atoms with Crippen molar-refractivity contribution in [3.05, 3.63) is 51.2 Å². The van der Waals surface area contributed by atoms with Crippen LogP contribution in [-0.2, 0) is 30.2 Å². The number of hydrogen-bond acceptors (Lipinski definition) is 5. The highest BCUT2D eigenvalue weighted by Crippen LogP contribution is 2.62. The van der Waals surface area contributed by atoms with Crippen molar-refractivity contribution < 1.29 is 40.8 Å². The third kappa shape index (κ3) is 6.64. The van der Waals surface area contributed by atoms with Gasteiger partial charge in [0.2, 0.25) is 0 Å². The quantitative estimate of drug-likeness (QED) is 0.270. The van der Waals surface area contributed by atoms with Crippen LogP contribution in [0, 0.1) is 23.2 Å². The number of halogens is 5. The summed E-state index contributed by atoms with van der Waals surface area (Å²) in [6.07, 6.45) is -1.65. The Balaban J connectivity index is 1.13. The first kappa shape index (κ1) is 33.8. The number of nitrogens with zero attached hydrogens (tertiary/aromatic N) is 1. The number of ether oxygens (including phenoxy) is 1. The van der Waals surface area contributed by atoms with E-state index in [0.29, 0.717) is 37.1 Å². The molecule has 2 fully saturated rings. The molecule has 1 amide bonds. The molecule has 46 heavy (non-hydrogen) atoms. The molecule has 2 heterocycles. The Bertz CT molecular complexity index is 1450. The topological polar surface area (TPSA) is 66.8 Å². The van der Waals surface area contributed by atoms with E-state index in [4.69, 9.17) is 4.74 Å². The van der Waals surface area contributed by atoms with E-state index >= 15 is 0 Å². The largest absolute Gasteiger partial charge is 0.453 e. The number of alkyl halides is 5. The van der Waals surface area contributed by atoms with Crippen LogP contribution in [0.3, 0.4) is 0 Å². The first-order chi connectivity index (χ1) is 21.8. The second kappa shape index (κ2) is 13.1. The fraction of sp³-hybridized carbons (Fsp3) is 0.676. The number of hydrogen-bond donors (Lipinski definition) is 1. The zero-order valence-electron chi connectivity index (χ0n) is 26.0. The minimum absolute atomic E-state index is 0.157. The smallest absolute Gasteiger partial charge is 0.410 e. The number of benzene rings is 1. The van der Waals surface area contributed by atoms with E-state index in [1.807, 2.05) is 17.5 Å². The molecule has 1 unspecified atom stereocenters. The van der Waals surface area contributed by atoms with Crippen molar-refractivity contribution in [2.24, 2.45) is 23.2 Å². The van der Waals surface area contributed by atoms with Crippen molar-refractivity contribution in [1.29, 1.82) is 0 Å². The van der Waals surface area contributed by atoms with Crippen molar-refractivity contribution in [3.8, 4) is 5.75 Å². The lowest BCUT2D eigenvalue weighted by Gasteiger charge is -2.53. The number of aliphatic hydroxyl groups is 1. The third-order valence-corrected chi connectivity index (χ3v) is 13.8. The number of carbonyl (C=O) groups excluding carboxylic acids is 1. The summed E-state index contributed by atoms with van der Waals surface area (Å²) in [5.41, 5.74) is 3.40. The highest BCUT2D eigenvalue weighted by Gasteiger charge is 2.57. The molecule has 4 aliphatic rings. The van der Waals surface area contributed by atoms with Crippen LogP contribution in [0.4, 0.5) is 26.7 Å². The van der Waals surface area contributed by atoms with Crippen LogP contribution >= 0.6 is 11.3 Å². The monoisotopic (exact) mass is 687 g/mol. The minimum atomic E-state index is -5.59. The van der Waals surface area contributed by atoms with E-state index in [2.05, 4.69) is 19.1 Å². The number of thiophene rings is 1. The van der Waals surface area contributed by atoms with Crippen molar-refractivity contribution in [2.45, 2.75) is 102 Å². The Hall–Kier alpha value is -2.05. The summed E-state index contributed by atoms with van der Waals surface area (Å²) < 4.78 is 82.5. The molecule has 12 heteroatoms. The van der Waals surface area contributed by atoms with Gasteiger partial charge in [0.05, 0.1) is 12.6 Å². The maximum atomic E-state index is 13.3. The molecule has 3 aliphatic carbocycles. The molecule has 0 radical (unpaired) electrons. The third-order valence-electron chi connectivity index (χ3n) is 11.3. The van der Waals surface area contributed by atoms with Gasteiger partial charge in [-0.1, -0.05) is 13.0 Å². The summed E-state index contributed by atoms with van der Waals surface area (Å²) in [7, 11) is -1.49. The number of rotatable bonds is 9. The van der Waals surface area contributed by atoms with Crippen molar-refractivity contribution >= 4 is 28.2 Å². The summed E-state index contributed by atoms with van der Waals surface area (Å²) in [5, 5.41) is 13.0. The SMILES string of the molecule is C[C@]12CC[C@@H]3c4ccc(OC(=O)N5CCc6sccc6C5)cc4C[C@@H](CCCS(=O)CCCC(F)(F)C(F)(F)F)[C@H]3[C@@H]1CC[C@@H]2O. The normalized spacial score (nSPS) is 29.8. The Morgan fingerprint density at radius 2 is 1.89 bits per heavy atom. The van der Waals surface area contributed by atoms with Gasteiger partial charge in [0, 0.05) is 40.1 Å². The van der Waals surface area contributed by atoms with Crippen molar-refractivity contribution in [1.82, 2.24) is 4.90 Å². The van der Waals surface area contributed by atoms with Crippen LogP contribution < -0.4 is 4.74 Å². The summed E-state index contributed by atoms with van der Waals surface area (Å²) in [6, 6.07) is 8.01. The number of aliphatic hydroxyl groups excluding tert-OH is 1. The highest BCUT2D eigenvalue weighted by atomic mass is 32.2. The molecule has 254 valence electrons. The first-order valence-electron chi connectivity index (χ1n) is 16.4. The Morgan fingerprint density at radius 1 is 1.11 bits per heavy atom. The average Bonchev–Trinajstić information content (AvgIpc) is 3.59. The Kier molecular flexibility index (Phi) is 9.64. The summed E-state index contributed by atoms with van der Waals surface area (Å²) >= 11 is 1.71. The number of carbonyl (C=O) groups is 1. The fourth-order valence-corrected chi connectivity index (χ4v) is 10.9. The van der Waals surface area contributed by atoms with Gasteiger partial charge >= 0.3 is 18.2 Å². The summed E-state index contributed by atoms with van der Waals surface area (Å²) in [4.78, 5) is 16.1. The highest BCUT2D eigenvalue weighted by molar-refractivity contribution is 7.84. The van der Waals surface area contributed by atoms with Gasteiger partial charge in [-0.25, -0.2) is 4.79 Å². The molecular formula is C34H42F5NO4S2. The standard InChI is InChI=1S/C34H42F5NO4S2/c1-32-13-9-26-25-6-5-24(44-31(42)40-14-10-28-22(20-40)11-15-45-28)19-23(25)18-21(30(26)27(32)7-8-29(32)41)4-2-16-46(43)17-3-12-33(35,36)34(37,38)39/h5-6,11,15,19,21,26-27,29-30,41H,2-4,7-10,12-14,16-18,20H2,1H3/t21-,26-,27+,29+,30-,32+,46?/m1/s1. The van der Waals surface area contributed by atoms with Gasteiger partial charge in [-0.3, -0.25) is 4.21 Å². The minimum Gasteiger partial charge on any atom is -0.410 e. The second-order valence-corrected chi connectivity index (χ2v) is 16.7. The van der Waals surface area contributed by atoms with E-state index in [1.165, 1.54) is 10.4 Å². The Morgan fingerprint density at radius 3 is 2.67 bits per heavy atom. The Labute approximate surface area is 273 Å². The molecule has 2 saturated carbocycles. The van der Waals surface area contributed by atoms with Crippen LogP contribution in [0.5, 0.6) is 5.75 Å². The molecular weight excluding hydrogens is 646 g/mol. The van der Waals surface area contributed by atoms with E-state index in [0.717, 1.165) is 56.1 Å². The molecule has 2 aromatic rings. The second-order valence-electron chi connectivity index (χ2n) is 14.0. The zero-order valence-corrected chi connectivity index (χ0v) is 27.6. The lowest BCUT2D eigenvalue weighted by molar-refractivity contribution is -0.284. The van der Waals surface area contributed by atoms with Gasteiger partial charge in [0.1, 0.15) is 5.75 Å². The van der Waals surface area contributed by atoms with Crippen LogP contribution in [-0.4, -0.2) is 56.6 Å². The van der Waals surface area contributed by atoms with E-state index in [9.17, 15) is 36.1 Å². The molecule has 5 nitrogen and oxygen atoms in total. The number of amides is 1. The zero-order chi connectivity index (χ0) is 32.9. The van der Waals surface area contributed by atoms with Gasteiger partial charge in [0.15, 0.2) is 0 Å². The van der Waals surface area contributed by atoms with Gasteiger partial charge in [-0.05, 0) is 127 Å². The molecule has 7 atom stereocenters. The number of fused-ring (bicyclic) bond motifs is 6. The predicted molar refractivity (Wildman–Crippen MR) is 168 cm³/mol. The molecule has 0 bridgehead atoms. The molecule has 1 aromatic heterocycles. The van der Waals surface area contributed by atoms with Crippen LogP contribution in [0.25, 0.3) is 0 Å². The molecule has 1 N–H and O–H groups in total. The lowest BCUT2D eigenvalue weighted by Crippen LogP contribution is -2.47. The molecule has 1 aromatic carbocycles. The van der Waals surface area contributed by atoms with Crippen molar-refractivity contribution in [2.75, 3.05) is 18.1 Å². The predicted octanol–water partition coefficient (Wildman–Crippen LogP) is 8.26. The van der Waals surface area contributed by atoms with Crippen molar-refractivity contribution in [3.63, 3.8) is 0 Å².